The van der Waals surface area contributed by atoms with E-state index in [1.165, 1.54) is 5.39 Å². The summed E-state index contributed by atoms with van der Waals surface area (Å²) in [7, 11) is 0. The normalized spacial score (nSPS) is 17.0. The van der Waals surface area contributed by atoms with E-state index < -0.39 is 0 Å². The van der Waals surface area contributed by atoms with Gasteiger partial charge < -0.3 is 9.69 Å². The number of rotatable bonds is 2. The molecule has 1 aliphatic heterocycles. The van der Waals surface area contributed by atoms with Gasteiger partial charge in [0.25, 0.3) is 0 Å². The molecule has 0 spiro atoms. The lowest BCUT2D eigenvalue weighted by molar-refractivity contribution is -0.111. The van der Waals surface area contributed by atoms with Gasteiger partial charge in [-0.25, -0.2) is 0 Å². The van der Waals surface area contributed by atoms with Crippen LogP contribution >= 0.6 is 0 Å². The zero-order valence-electron chi connectivity index (χ0n) is 10.2. The maximum absolute atomic E-state index is 10.7. The summed E-state index contributed by atoms with van der Waals surface area (Å²) in [6.07, 6.45) is 4.94. The van der Waals surface area contributed by atoms with Crippen LogP contribution in [0.2, 0.25) is 0 Å². The number of fused-ring (bicyclic) bond motifs is 1. The van der Waals surface area contributed by atoms with Crippen molar-refractivity contribution in [3.05, 3.63) is 36.5 Å². The third-order valence-electron chi connectivity index (χ3n) is 3.67. The Kier molecular flexibility index (Phi) is 2.97. The number of carbonyl (C=O) groups is 1. The number of para-hydroxylation sites is 1. The fraction of sp³-hybridized carbons (Fsp3) is 0.333. The Morgan fingerprint density at radius 3 is 2.78 bits per heavy atom. The second-order valence-corrected chi connectivity index (χ2v) is 4.85. The van der Waals surface area contributed by atoms with Crippen molar-refractivity contribution < 1.29 is 4.79 Å². The summed E-state index contributed by atoms with van der Waals surface area (Å²) >= 11 is 0. The fourth-order valence-electron chi connectivity index (χ4n) is 2.53. The number of pyridine rings is 1. The van der Waals surface area contributed by atoms with Gasteiger partial charge in [0.15, 0.2) is 0 Å². The molecule has 1 fully saturated rings. The molecule has 3 nitrogen and oxygen atoms in total. The Morgan fingerprint density at radius 2 is 2.00 bits per heavy atom. The standard InChI is InChI=1S/C15H16N2O/c18-11-12-5-7-17(8-6-12)14-9-13-3-1-2-4-15(13)16-10-14/h1-4,9-12H,5-8H2. The summed E-state index contributed by atoms with van der Waals surface area (Å²) in [5.74, 6) is 0.245. The van der Waals surface area contributed by atoms with Crippen LogP contribution in [-0.4, -0.2) is 24.4 Å². The summed E-state index contributed by atoms with van der Waals surface area (Å²) < 4.78 is 0. The van der Waals surface area contributed by atoms with Gasteiger partial charge in [0, 0.05) is 24.4 Å². The molecule has 0 N–H and O–H groups in total. The highest BCUT2D eigenvalue weighted by molar-refractivity contribution is 5.81. The predicted octanol–water partition coefficient (Wildman–Crippen LogP) is 2.65. The molecule has 1 aliphatic rings. The van der Waals surface area contributed by atoms with Crippen LogP contribution in [0.15, 0.2) is 36.5 Å². The quantitative estimate of drug-likeness (QED) is 0.757. The maximum atomic E-state index is 10.7. The zero-order valence-corrected chi connectivity index (χ0v) is 10.2. The minimum absolute atomic E-state index is 0.245. The molecule has 2 heterocycles. The van der Waals surface area contributed by atoms with E-state index >= 15 is 0 Å². The van der Waals surface area contributed by atoms with Crippen molar-refractivity contribution in [2.24, 2.45) is 5.92 Å². The molecule has 0 unspecified atom stereocenters. The van der Waals surface area contributed by atoms with E-state index in [-0.39, 0.29) is 5.92 Å². The highest BCUT2D eigenvalue weighted by atomic mass is 16.1. The number of anilines is 1. The number of hydrogen-bond acceptors (Lipinski definition) is 3. The van der Waals surface area contributed by atoms with Gasteiger partial charge in [-0.15, -0.1) is 0 Å². The van der Waals surface area contributed by atoms with Crippen LogP contribution in [0, 0.1) is 5.92 Å². The first-order chi connectivity index (χ1) is 8.86. The molecule has 1 saturated heterocycles. The highest BCUT2D eigenvalue weighted by Crippen LogP contribution is 2.24. The summed E-state index contributed by atoms with van der Waals surface area (Å²) in [5.41, 5.74) is 2.20. The molecule has 92 valence electrons. The van der Waals surface area contributed by atoms with E-state index in [0.717, 1.165) is 43.4 Å². The van der Waals surface area contributed by atoms with Gasteiger partial charge in [-0.05, 0) is 25.0 Å². The van der Waals surface area contributed by atoms with Gasteiger partial charge in [0.2, 0.25) is 0 Å². The van der Waals surface area contributed by atoms with Crippen molar-refractivity contribution in [3.8, 4) is 0 Å². The van der Waals surface area contributed by atoms with Gasteiger partial charge in [-0.1, -0.05) is 18.2 Å². The minimum Gasteiger partial charge on any atom is -0.370 e. The number of aldehydes is 1. The van der Waals surface area contributed by atoms with Gasteiger partial charge in [0.05, 0.1) is 17.4 Å². The van der Waals surface area contributed by atoms with Crippen LogP contribution in [0.25, 0.3) is 10.9 Å². The Balaban J connectivity index is 1.84. The summed E-state index contributed by atoms with van der Waals surface area (Å²) in [5, 5.41) is 1.17. The van der Waals surface area contributed by atoms with Gasteiger partial charge in [-0.3, -0.25) is 4.98 Å². The van der Waals surface area contributed by atoms with Crippen LogP contribution in [0.5, 0.6) is 0 Å². The van der Waals surface area contributed by atoms with E-state index in [2.05, 4.69) is 22.0 Å². The number of piperidine rings is 1. The van der Waals surface area contributed by atoms with E-state index in [1.54, 1.807) is 0 Å². The third kappa shape index (κ3) is 2.08. The summed E-state index contributed by atoms with van der Waals surface area (Å²) in [6, 6.07) is 10.3. The SMILES string of the molecule is O=CC1CCN(c2cnc3ccccc3c2)CC1. The minimum atomic E-state index is 0.245. The first-order valence-electron chi connectivity index (χ1n) is 6.42. The molecule has 0 saturated carbocycles. The molecule has 18 heavy (non-hydrogen) atoms. The first kappa shape index (κ1) is 11.2. The molecule has 2 aromatic rings. The smallest absolute Gasteiger partial charge is 0.123 e. The number of benzene rings is 1. The summed E-state index contributed by atoms with van der Waals surface area (Å²) in [4.78, 5) is 17.6. The number of aromatic nitrogens is 1. The predicted molar refractivity (Wildman–Crippen MR) is 72.7 cm³/mol. The molecule has 0 radical (unpaired) electrons. The average Bonchev–Trinajstić information content (AvgIpc) is 2.47. The lowest BCUT2D eigenvalue weighted by Crippen LogP contribution is -2.34. The van der Waals surface area contributed by atoms with Crippen molar-refractivity contribution in [2.45, 2.75) is 12.8 Å². The Bertz CT molecular complexity index is 559. The molecule has 3 heteroatoms. The van der Waals surface area contributed by atoms with Crippen LogP contribution in [0.4, 0.5) is 5.69 Å². The highest BCUT2D eigenvalue weighted by Gasteiger charge is 2.18. The van der Waals surface area contributed by atoms with Gasteiger partial charge >= 0.3 is 0 Å². The van der Waals surface area contributed by atoms with Gasteiger partial charge in [-0.2, -0.15) is 0 Å². The van der Waals surface area contributed by atoms with E-state index in [4.69, 9.17) is 0 Å². The molecule has 1 aromatic carbocycles. The number of hydrogen-bond donors (Lipinski definition) is 0. The fourth-order valence-corrected chi connectivity index (χ4v) is 2.53. The second-order valence-electron chi connectivity index (χ2n) is 4.85. The third-order valence-corrected chi connectivity index (χ3v) is 3.67. The van der Waals surface area contributed by atoms with Crippen LogP contribution in [-0.2, 0) is 4.79 Å². The van der Waals surface area contributed by atoms with Crippen molar-refractivity contribution in [2.75, 3.05) is 18.0 Å². The van der Waals surface area contributed by atoms with Crippen molar-refractivity contribution in [3.63, 3.8) is 0 Å². The Morgan fingerprint density at radius 1 is 1.22 bits per heavy atom. The van der Waals surface area contributed by atoms with Crippen molar-refractivity contribution in [1.29, 1.82) is 0 Å². The monoisotopic (exact) mass is 240 g/mol. The molecule has 0 atom stereocenters. The van der Waals surface area contributed by atoms with Crippen LogP contribution in [0.1, 0.15) is 12.8 Å². The largest absolute Gasteiger partial charge is 0.370 e. The number of nitrogens with zero attached hydrogens (tertiary/aromatic N) is 2. The van der Waals surface area contributed by atoms with Crippen molar-refractivity contribution >= 4 is 22.9 Å². The van der Waals surface area contributed by atoms with E-state index in [9.17, 15) is 4.79 Å². The molecule has 0 aliphatic carbocycles. The molecule has 0 amide bonds. The average molecular weight is 240 g/mol. The molecular formula is C15H16N2O. The zero-order chi connectivity index (χ0) is 12.4. The van der Waals surface area contributed by atoms with Crippen LogP contribution < -0.4 is 4.90 Å². The molecular weight excluding hydrogens is 224 g/mol. The molecule has 3 rings (SSSR count). The Labute approximate surface area is 106 Å². The molecule has 1 aromatic heterocycles. The first-order valence-corrected chi connectivity index (χ1v) is 6.42. The number of carbonyl (C=O) groups excluding carboxylic acids is 1. The molecule has 0 bridgehead atoms. The maximum Gasteiger partial charge on any atom is 0.123 e. The summed E-state index contributed by atoms with van der Waals surface area (Å²) in [6.45, 7) is 1.90. The van der Waals surface area contributed by atoms with Crippen molar-refractivity contribution in [1.82, 2.24) is 4.98 Å². The lowest BCUT2D eigenvalue weighted by atomic mass is 9.98. The van der Waals surface area contributed by atoms with Crippen LogP contribution in [0.3, 0.4) is 0 Å². The second kappa shape index (κ2) is 4.77. The van der Waals surface area contributed by atoms with E-state index in [1.807, 2.05) is 24.4 Å². The van der Waals surface area contributed by atoms with Gasteiger partial charge in [0.1, 0.15) is 6.29 Å². The Hall–Kier alpha value is -1.90. The van der Waals surface area contributed by atoms with E-state index in [0.29, 0.717) is 0 Å². The lowest BCUT2D eigenvalue weighted by Gasteiger charge is -2.31. The topological polar surface area (TPSA) is 33.2 Å².